The smallest absolute Gasteiger partial charge is 0.333 e. The lowest BCUT2D eigenvalue weighted by Crippen LogP contribution is -2.07. The molecule has 0 heterocycles. The Kier molecular flexibility index (Phi) is 20.1. The van der Waals surface area contributed by atoms with Gasteiger partial charge in [0.25, 0.3) is 0 Å². The van der Waals surface area contributed by atoms with E-state index in [1.165, 1.54) is 13.8 Å². The van der Waals surface area contributed by atoms with Crippen molar-refractivity contribution in [2.45, 2.75) is 53.4 Å². The van der Waals surface area contributed by atoms with E-state index >= 15 is 0 Å². The molecule has 0 unspecified atom stereocenters. The molecule has 0 atom stereocenters. The van der Waals surface area contributed by atoms with E-state index in [-0.39, 0.29) is 23.1 Å². The lowest BCUT2D eigenvalue weighted by atomic mass is 10.2. The van der Waals surface area contributed by atoms with E-state index < -0.39 is 11.9 Å². The molecule has 0 radical (unpaired) electrons. The second-order valence-corrected chi connectivity index (χ2v) is 6.42. The molecule has 0 bridgehead atoms. The quantitative estimate of drug-likeness (QED) is 0.287. The van der Waals surface area contributed by atoms with Gasteiger partial charge in [-0.3, -0.25) is 0 Å². The highest BCUT2D eigenvalue weighted by atomic mass is 16.5. The van der Waals surface area contributed by atoms with E-state index in [1.54, 1.807) is 13.8 Å². The van der Waals surface area contributed by atoms with Crippen LogP contribution in [0.5, 0.6) is 0 Å². The summed E-state index contributed by atoms with van der Waals surface area (Å²) in [5.74, 6) is -2.55. The molecule has 0 aromatic rings. The minimum atomic E-state index is -0.935. The topological polar surface area (TPSA) is 127 Å². The summed E-state index contributed by atoms with van der Waals surface area (Å²) < 4.78 is 9.89. The van der Waals surface area contributed by atoms with Gasteiger partial charge in [-0.05, 0) is 53.4 Å². The van der Waals surface area contributed by atoms with Crippen molar-refractivity contribution in [3.05, 3.63) is 48.6 Å². The lowest BCUT2D eigenvalue weighted by Gasteiger charge is -2.05. The minimum Gasteiger partial charge on any atom is -0.478 e. The molecule has 170 valence electrons. The zero-order chi connectivity index (χ0) is 24.3. The van der Waals surface area contributed by atoms with Crippen LogP contribution in [0.1, 0.15) is 53.4 Å². The van der Waals surface area contributed by atoms with Gasteiger partial charge in [0, 0.05) is 22.3 Å². The average molecular weight is 427 g/mol. The van der Waals surface area contributed by atoms with Crippen molar-refractivity contribution in [1.82, 2.24) is 0 Å². The Hall–Kier alpha value is -3.16. The average Bonchev–Trinajstić information content (AvgIpc) is 2.63. The number of ether oxygens (including phenoxy) is 2. The minimum absolute atomic E-state index is 0.176. The summed E-state index contributed by atoms with van der Waals surface area (Å²) in [5, 5.41) is 15.8. The summed E-state index contributed by atoms with van der Waals surface area (Å²) in [5.41, 5.74) is 1.19. The second-order valence-electron chi connectivity index (χ2n) is 6.42. The summed E-state index contributed by atoms with van der Waals surface area (Å²) in [6, 6.07) is 0. The van der Waals surface area contributed by atoms with Crippen molar-refractivity contribution in [3.63, 3.8) is 0 Å². The maximum Gasteiger partial charge on any atom is 0.333 e. The fraction of sp³-hybridized carbons (Fsp3) is 0.455. The first-order chi connectivity index (χ1) is 13.7. The molecule has 0 aliphatic carbocycles. The van der Waals surface area contributed by atoms with Crippen molar-refractivity contribution in [3.8, 4) is 0 Å². The maximum atomic E-state index is 11.0. The predicted molar refractivity (Wildman–Crippen MR) is 115 cm³/mol. The van der Waals surface area contributed by atoms with Gasteiger partial charge in [0.1, 0.15) is 0 Å². The molecule has 0 aliphatic heterocycles. The van der Waals surface area contributed by atoms with Gasteiger partial charge >= 0.3 is 23.9 Å². The Labute approximate surface area is 178 Å². The van der Waals surface area contributed by atoms with Gasteiger partial charge in [-0.2, -0.15) is 0 Å². The summed E-state index contributed by atoms with van der Waals surface area (Å²) in [6.45, 7) is 20.3. The van der Waals surface area contributed by atoms with Crippen LogP contribution < -0.4 is 0 Å². The van der Waals surface area contributed by atoms with Crippen LogP contribution in [-0.4, -0.2) is 47.3 Å². The van der Waals surface area contributed by atoms with E-state index in [0.29, 0.717) is 24.4 Å². The molecule has 0 aromatic carbocycles. The fourth-order valence-electron chi connectivity index (χ4n) is 1.13. The molecule has 2 N–H and O–H groups in total. The summed E-state index contributed by atoms with van der Waals surface area (Å²) >= 11 is 0. The Morgan fingerprint density at radius 3 is 0.967 bits per heavy atom. The van der Waals surface area contributed by atoms with Gasteiger partial charge in [-0.25, -0.2) is 19.2 Å². The van der Waals surface area contributed by atoms with Gasteiger partial charge in [0.05, 0.1) is 13.2 Å². The predicted octanol–water partition coefficient (Wildman–Crippen LogP) is 4.08. The number of hydrogen-bond acceptors (Lipinski definition) is 6. The molecule has 8 heteroatoms. The molecule has 0 aliphatic rings. The molecule has 8 nitrogen and oxygen atoms in total. The maximum absolute atomic E-state index is 11.0. The highest BCUT2D eigenvalue weighted by Gasteiger charge is 2.03. The number of esters is 2. The third-order valence-electron chi connectivity index (χ3n) is 2.93. The first-order valence-corrected chi connectivity index (χ1v) is 9.16. The first kappa shape index (κ1) is 31.5. The Morgan fingerprint density at radius 1 is 0.567 bits per heavy atom. The number of aliphatic carboxylic acids is 2. The zero-order valence-electron chi connectivity index (χ0n) is 18.4. The molecule has 30 heavy (non-hydrogen) atoms. The van der Waals surface area contributed by atoms with Crippen molar-refractivity contribution in [1.29, 1.82) is 0 Å². The normalized spacial score (nSPS) is 8.80. The summed E-state index contributed by atoms with van der Waals surface area (Å²) in [4.78, 5) is 41.3. The van der Waals surface area contributed by atoms with Gasteiger partial charge in [-0.1, -0.05) is 26.3 Å². The third-order valence-corrected chi connectivity index (χ3v) is 2.93. The zero-order valence-corrected chi connectivity index (χ0v) is 18.4. The van der Waals surface area contributed by atoms with Crippen molar-refractivity contribution in [2.75, 3.05) is 13.2 Å². The first-order valence-electron chi connectivity index (χ1n) is 9.16. The van der Waals surface area contributed by atoms with Crippen molar-refractivity contribution < 1.29 is 38.9 Å². The number of carbonyl (C=O) groups is 4. The molecule has 0 aromatic heterocycles. The molecular formula is C22H34O8. The summed E-state index contributed by atoms with van der Waals surface area (Å²) in [6.07, 6.45) is 3.50. The monoisotopic (exact) mass is 426 g/mol. The van der Waals surface area contributed by atoms with Crippen LogP contribution in [0.15, 0.2) is 48.6 Å². The SMILES string of the molecule is C=C(C)C(=O)O.C=C(C)C(=O)O.C=C(C)C(=O)OCCCCCCOC(=O)C(=C)C. The number of carboxylic acid groups (broad SMARTS) is 2. The van der Waals surface area contributed by atoms with Crippen LogP contribution in [0.4, 0.5) is 0 Å². The molecular weight excluding hydrogens is 392 g/mol. The Bertz CT molecular complexity index is 564. The van der Waals surface area contributed by atoms with Gasteiger partial charge < -0.3 is 19.7 Å². The van der Waals surface area contributed by atoms with E-state index in [1.807, 2.05) is 0 Å². The van der Waals surface area contributed by atoms with Crippen LogP contribution in [0, 0.1) is 0 Å². The van der Waals surface area contributed by atoms with Crippen molar-refractivity contribution in [2.24, 2.45) is 0 Å². The third kappa shape index (κ3) is 24.8. The van der Waals surface area contributed by atoms with Crippen LogP contribution in [0.3, 0.4) is 0 Å². The number of hydrogen-bond donors (Lipinski definition) is 2. The van der Waals surface area contributed by atoms with Crippen LogP contribution in [-0.2, 0) is 28.7 Å². The molecule has 0 spiro atoms. The van der Waals surface area contributed by atoms with E-state index in [0.717, 1.165) is 25.7 Å². The lowest BCUT2D eigenvalue weighted by molar-refractivity contribution is -0.140. The number of rotatable bonds is 11. The second kappa shape index (κ2) is 19.2. The summed E-state index contributed by atoms with van der Waals surface area (Å²) in [7, 11) is 0. The molecule has 0 saturated carbocycles. The molecule has 0 rings (SSSR count). The van der Waals surface area contributed by atoms with Gasteiger partial charge in [-0.15, -0.1) is 0 Å². The van der Waals surface area contributed by atoms with E-state index in [4.69, 9.17) is 19.7 Å². The molecule has 0 fully saturated rings. The number of carbonyl (C=O) groups excluding carboxylic acids is 2. The number of unbranched alkanes of at least 4 members (excludes halogenated alkanes) is 3. The van der Waals surface area contributed by atoms with E-state index in [9.17, 15) is 19.2 Å². The van der Waals surface area contributed by atoms with E-state index in [2.05, 4.69) is 26.3 Å². The highest BCUT2D eigenvalue weighted by Crippen LogP contribution is 2.03. The highest BCUT2D eigenvalue weighted by molar-refractivity contribution is 5.87. The molecule has 0 amide bonds. The molecule has 0 saturated heterocycles. The Morgan fingerprint density at radius 2 is 0.800 bits per heavy atom. The Balaban J connectivity index is -0.000000495. The van der Waals surface area contributed by atoms with Gasteiger partial charge in [0.15, 0.2) is 0 Å². The number of carboxylic acids is 2. The fourth-order valence-corrected chi connectivity index (χ4v) is 1.13. The van der Waals surface area contributed by atoms with Crippen molar-refractivity contribution >= 4 is 23.9 Å². The largest absolute Gasteiger partial charge is 0.478 e. The van der Waals surface area contributed by atoms with Gasteiger partial charge in [0.2, 0.25) is 0 Å². The van der Waals surface area contributed by atoms with Crippen LogP contribution in [0.2, 0.25) is 0 Å². The standard InChI is InChI=1S/C14H22O4.2C4H6O2/c1-11(2)13(15)17-9-7-5-6-8-10-18-14(16)12(3)4;2*1-3(2)4(5)6/h1,3,5-10H2,2,4H3;2*1H2,2H3,(H,5,6). The van der Waals surface area contributed by atoms with Crippen LogP contribution in [0.25, 0.3) is 0 Å². The van der Waals surface area contributed by atoms with Crippen LogP contribution >= 0.6 is 0 Å².